The number of hydrogen-bond acceptors (Lipinski definition) is 8. The van der Waals surface area contributed by atoms with Gasteiger partial charge in [0, 0.05) is 50.4 Å². The molecule has 0 bridgehead atoms. The number of aromatic amines is 1. The average molecular weight is 449 g/mol. The molecule has 0 aliphatic carbocycles. The standard InChI is InChI=1S/C24H28N6O3/c1-29-7-9-30(10-8-29)6-3-11-32-22-14-20-19(13-21(22)31-2)24(28-16-27-20)33-18-12-17-4-5-25-23(17)26-15-18/h4-5,12-16H,3,6-11H2,1-2H3,(H,25,26). The molecule has 4 aromatic rings. The van der Waals surface area contributed by atoms with E-state index in [1.807, 2.05) is 30.5 Å². The van der Waals surface area contributed by atoms with Gasteiger partial charge in [0.1, 0.15) is 17.7 Å². The lowest BCUT2D eigenvalue weighted by Gasteiger charge is -2.32. The molecule has 172 valence electrons. The van der Waals surface area contributed by atoms with Gasteiger partial charge in [-0.25, -0.2) is 15.0 Å². The normalized spacial score (nSPS) is 15.2. The molecule has 1 N–H and O–H groups in total. The van der Waals surface area contributed by atoms with Crippen LogP contribution in [0.5, 0.6) is 23.1 Å². The van der Waals surface area contributed by atoms with E-state index in [0.29, 0.717) is 29.7 Å². The lowest BCUT2D eigenvalue weighted by Crippen LogP contribution is -2.44. The SMILES string of the molecule is COc1cc2c(Oc3cnc4[nH]ccc4c3)ncnc2cc1OCCCN1CCN(C)CC1. The maximum atomic E-state index is 6.07. The van der Waals surface area contributed by atoms with Gasteiger partial charge in [-0.3, -0.25) is 0 Å². The van der Waals surface area contributed by atoms with Gasteiger partial charge in [0.05, 0.1) is 30.8 Å². The van der Waals surface area contributed by atoms with Gasteiger partial charge in [-0.2, -0.15) is 0 Å². The predicted octanol–water partition coefficient (Wildman–Crippen LogP) is 3.32. The van der Waals surface area contributed by atoms with Crippen molar-refractivity contribution >= 4 is 21.9 Å². The van der Waals surface area contributed by atoms with E-state index in [9.17, 15) is 0 Å². The van der Waals surface area contributed by atoms with Crippen molar-refractivity contribution in [3.63, 3.8) is 0 Å². The number of nitrogens with one attached hydrogen (secondary N) is 1. The Kier molecular flexibility index (Phi) is 6.23. The zero-order valence-electron chi connectivity index (χ0n) is 19.0. The number of aromatic nitrogens is 4. The number of hydrogen-bond donors (Lipinski definition) is 1. The number of nitrogens with zero attached hydrogens (tertiary/aromatic N) is 5. The predicted molar refractivity (Wildman–Crippen MR) is 126 cm³/mol. The minimum atomic E-state index is 0.441. The Bertz CT molecular complexity index is 1240. The van der Waals surface area contributed by atoms with Crippen molar-refractivity contribution < 1.29 is 14.2 Å². The fraction of sp³-hybridized carbons (Fsp3) is 0.375. The highest BCUT2D eigenvalue weighted by Gasteiger charge is 2.15. The number of pyridine rings is 1. The molecule has 0 radical (unpaired) electrons. The first-order chi connectivity index (χ1) is 16.2. The summed E-state index contributed by atoms with van der Waals surface area (Å²) in [4.78, 5) is 21.0. The summed E-state index contributed by atoms with van der Waals surface area (Å²) in [5, 5.41) is 1.71. The van der Waals surface area contributed by atoms with Crippen LogP contribution < -0.4 is 14.2 Å². The van der Waals surface area contributed by atoms with Crippen LogP contribution in [-0.2, 0) is 0 Å². The van der Waals surface area contributed by atoms with Crippen LogP contribution in [0.3, 0.4) is 0 Å². The molecule has 4 heterocycles. The summed E-state index contributed by atoms with van der Waals surface area (Å²) < 4.78 is 17.7. The average Bonchev–Trinajstić information content (AvgIpc) is 3.30. The lowest BCUT2D eigenvalue weighted by molar-refractivity contribution is 0.145. The van der Waals surface area contributed by atoms with E-state index < -0.39 is 0 Å². The molecule has 9 heteroatoms. The third-order valence-electron chi connectivity index (χ3n) is 5.95. The van der Waals surface area contributed by atoms with Gasteiger partial charge in [0.25, 0.3) is 0 Å². The van der Waals surface area contributed by atoms with Crippen molar-refractivity contribution in [2.24, 2.45) is 0 Å². The first-order valence-electron chi connectivity index (χ1n) is 11.2. The van der Waals surface area contributed by atoms with Crippen molar-refractivity contribution in [2.75, 3.05) is 53.5 Å². The third-order valence-corrected chi connectivity index (χ3v) is 5.95. The van der Waals surface area contributed by atoms with E-state index in [4.69, 9.17) is 14.2 Å². The van der Waals surface area contributed by atoms with E-state index in [1.165, 1.54) is 6.33 Å². The smallest absolute Gasteiger partial charge is 0.230 e. The largest absolute Gasteiger partial charge is 0.493 e. The Labute approximate surface area is 192 Å². The van der Waals surface area contributed by atoms with Crippen LogP contribution in [0.1, 0.15) is 6.42 Å². The van der Waals surface area contributed by atoms with Gasteiger partial charge >= 0.3 is 0 Å². The summed E-state index contributed by atoms with van der Waals surface area (Å²) in [6.45, 7) is 6.12. The van der Waals surface area contributed by atoms with Crippen LogP contribution >= 0.6 is 0 Å². The number of piperazine rings is 1. The number of rotatable bonds is 8. The molecule has 0 saturated carbocycles. The number of fused-ring (bicyclic) bond motifs is 2. The molecule has 33 heavy (non-hydrogen) atoms. The van der Waals surface area contributed by atoms with Crippen molar-refractivity contribution in [1.29, 1.82) is 0 Å². The van der Waals surface area contributed by atoms with Gasteiger partial charge < -0.3 is 29.0 Å². The van der Waals surface area contributed by atoms with E-state index >= 15 is 0 Å². The molecule has 3 aromatic heterocycles. The van der Waals surface area contributed by atoms with Crippen LogP contribution in [0.2, 0.25) is 0 Å². The minimum absolute atomic E-state index is 0.441. The fourth-order valence-corrected chi connectivity index (χ4v) is 4.02. The van der Waals surface area contributed by atoms with Gasteiger partial charge in [0.2, 0.25) is 5.88 Å². The summed E-state index contributed by atoms with van der Waals surface area (Å²) in [6, 6.07) is 7.61. The zero-order chi connectivity index (χ0) is 22.6. The number of benzene rings is 1. The van der Waals surface area contributed by atoms with Crippen molar-refractivity contribution in [1.82, 2.24) is 29.7 Å². The highest BCUT2D eigenvalue weighted by Crippen LogP contribution is 2.36. The lowest BCUT2D eigenvalue weighted by atomic mass is 10.2. The van der Waals surface area contributed by atoms with E-state index in [-0.39, 0.29) is 0 Å². The molecular weight excluding hydrogens is 420 g/mol. The number of ether oxygens (including phenoxy) is 3. The summed E-state index contributed by atoms with van der Waals surface area (Å²) in [7, 11) is 3.80. The molecule has 1 aliphatic heterocycles. The first-order valence-corrected chi connectivity index (χ1v) is 11.2. The van der Waals surface area contributed by atoms with E-state index in [0.717, 1.165) is 61.1 Å². The molecule has 1 aliphatic rings. The van der Waals surface area contributed by atoms with Crippen molar-refractivity contribution in [3.05, 3.63) is 43.0 Å². The second-order valence-electron chi connectivity index (χ2n) is 8.23. The van der Waals surface area contributed by atoms with Crippen LogP contribution in [-0.4, -0.2) is 83.2 Å². The molecule has 0 spiro atoms. The van der Waals surface area contributed by atoms with Crippen molar-refractivity contribution in [2.45, 2.75) is 6.42 Å². The molecule has 1 aromatic carbocycles. The summed E-state index contributed by atoms with van der Waals surface area (Å²) in [5.74, 6) is 2.34. The number of likely N-dealkylation sites (N-methyl/N-ethyl adjacent to an activating group) is 1. The topological polar surface area (TPSA) is 88.6 Å². The molecule has 0 unspecified atom stereocenters. The van der Waals surface area contributed by atoms with Crippen LogP contribution in [0.4, 0.5) is 0 Å². The van der Waals surface area contributed by atoms with Gasteiger partial charge in [-0.15, -0.1) is 0 Å². The van der Waals surface area contributed by atoms with Crippen LogP contribution in [0, 0.1) is 0 Å². The third kappa shape index (κ3) is 4.84. The number of H-pyrrole nitrogens is 1. The molecule has 0 amide bonds. The first kappa shape index (κ1) is 21.4. The Morgan fingerprint density at radius 3 is 2.76 bits per heavy atom. The molecule has 0 atom stereocenters. The molecule has 5 rings (SSSR count). The summed E-state index contributed by atoms with van der Waals surface area (Å²) in [6.07, 6.45) is 5.96. The highest BCUT2D eigenvalue weighted by molar-refractivity contribution is 5.87. The second-order valence-corrected chi connectivity index (χ2v) is 8.23. The maximum Gasteiger partial charge on any atom is 0.230 e. The second kappa shape index (κ2) is 9.60. The van der Waals surface area contributed by atoms with Crippen LogP contribution in [0.15, 0.2) is 43.0 Å². The summed E-state index contributed by atoms with van der Waals surface area (Å²) in [5.41, 5.74) is 1.54. The molecule has 9 nitrogen and oxygen atoms in total. The maximum absolute atomic E-state index is 6.07. The quantitative estimate of drug-likeness (QED) is 0.411. The molecule has 1 saturated heterocycles. The summed E-state index contributed by atoms with van der Waals surface area (Å²) >= 11 is 0. The zero-order valence-corrected chi connectivity index (χ0v) is 19.0. The number of methoxy groups -OCH3 is 1. The van der Waals surface area contributed by atoms with Gasteiger partial charge in [0.15, 0.2) is 11.5 Å². The Hall–Kier alpha value is -3.43. The molecule has 1 fully saturated rings. The van der Waals surface area contributed by atoms with E-state index in [1.54, 1.807) is 13.3 Å². The minimum Gasteiger partial charge on any atom is -0.493 e. The Morgan fingerprint density at radius 2 is 1.91 bits per heavy atom. The Balaban J connectivity index is 1.29. The van der Waals surface area contributed by atoms with Crippen LogP contribution in [0.25, 0.3) is 21.9 Å². The fourth-order valence-electron chi connectivity index (χ4n) is 4.02. The Morgan fingerprint density at radius 1 is 1.03 bits per heavy atom. The van der Waals surface area contributed by atoms with Gasteiger partial charge in [-0.1, -0.05) is 0 Å². The monoisotopic (exact) mass is 448 g/mol. The van der Waals surface area contributed by atoms with Gasteiger partial charge in [-0.05, 0) is 31.7 Å². The van der Waals surface area contributed by atoms with E-state index in [2.05, 4.69) is 36.8 Å². The molecular formula is C24H28N6O3. The van der Waals surface area contributed by atoms with Crippen molar-refractivity contribution in [3.8, 4) is 23.1 Å². The highest BCUT2D eigenvalue weighted by atomic mass is 16.5.